The fraction of sp³-hybridized carbons (Fsp3) is 0.400. The summed E-state index contributed by atoms with van der Waals surface area (Å²) in [5, 5.41) is 5.63. The number of carbonyl (C=O) groups excluding carboxylic acids is 2. The Morgan fingerprint density at radius 3 is 2.48 bits per heavy atom. The SMILES string of the molecule is C=C1CCN(C(=O)Nc2ccc(C)c(C)c2C)C/C1=C(/C)C(=O)NC. The molecule has 1 aromatic rings. The first-order valence-corrected chi connectivity index (χ1v) is 8.49. The smallest absolute Gasteiger partial charge is 0.322 e. The molecule has 0 spiro atoms. The first-order chi connectivity index (χ1) is 11.8. The van der Waals surface area contributed by atoms with Gasteiger partial charge in [0.15, 0.2) is 0 Å². The lowest BCUT2D eigenvalue weighted by molar-refractivity contribution is -0.117. The molecule has 1 heterocycles. The number of rotatable bonds is 2. The number of likely N-dealkylation sites (tertiary alicyclic amines) is 1. The summed E-state index contributed by atoms with van der Waals surface area (Å²) < 4.78 is 0. The van der Waals surface area contributed by atoms with Crippen molar-refractivity contribution < 1.29 is 9.59 Å². The number of amides is 3. The fourth-order valence-corrected chi connectivity index (χ4v) is 2.97. The van der Waals surface area contributed by atoms with Gasteiger partial charge in [-0.3, -0.25) is 4.79 Å². The van der Waals surface area contributed by atoms with E-state index in [1.165, 1.54) is 11.1 Å². The number of anilines is 1. The molecular weight excluding hydrogens is 314 g/mol. The van der Waals surface area contributed by atoms with Gasteiger partial charge in [0.05, 0.1) is 0 Å². The largest absolute Gasteiger partial charge is 0.355 e. The van der Waals surface area contributed by atoms with Crippen LogP contribution in [0.2, 0.25) is 0 Å². The van der Waals surface area contributed by atoms with Gasteiger partial charge in [0.1, 0.15) is 0 Å². The lowest BCUT2D eigenvalue weighted by Gasteiger charge is -2.31. The monoisotopic (exact) mass is 341 g/mol. The lowest BCUT2D eigenvalue weighted by atomic mass is 9.95. The van der Waals surface area contributed by atoms with Crippen LogP contribution in [0, 0.1) is 20.8 Å². The fourth-order valence-electron chi connectivity index (χ4n) is 2.97. The normalized spacial score (nSPS) is 16.5. The van der Waals surface area contributed by atoms with Crippen LogP contribution in [-0.4, -0.2) is 37.0 Å². The zero-order valence-electron chi connectivity index (χ0n) is 15.7. The van der Waals surface area contributed by atoms with Crippen molar-refractivity contribution in [3.8, 4) is 0 Å². The Hall–Kier alpha value is -2.56. The van der Waals surface area contributed by atoms with Crippen LogP contribution in [0.3, 0.4) is 0 Å². The average Bonchev–Trinajstić information content (AvgIpc) is 2.61. The summed E-state index contributed by atoms with van der Waals surface area (Å²) in [4.78, 5) is 26.3. The van der Waals surface area contributed by atoms with E-state index in [4.69, 9.17) is 0 Å². The lowest BCUT2D eigenvalue weighted by Crippen LogP contribution is -2.41. The van der Waals surface area contributed by atoms with Gasteiger partial charge in [-0.25, -0.2) is 4.79 Å². The first-order valence-electron chi connectivity index (χ1n) is 8.49. The predicted octanol–water partition coefficient (Wildman–Crippen LogP) is 3.47. The topological polar surface area (TPSA) is 61.4 Å². The quantitative estimate of drug-likeness (QED) is 0.809. The molecule has 3 amide bonds. The van der Waals surface area contributed by atoms with Crippen LogP contribution in [0.1, 0.15) is 30.0 Å². The van der Waals surface area contributed by atoms with E-state index in [1.54, 1.807) is 18.9 Å². The molecule has 0 unspecified atom stereocenters. The van der Waals surface area contributed by atoms with Crippen molar-refractivity contribution in [2.45, 2.75) is 34.1 Å². The Balaban J connectivity index is 2.19. The number of aryl methyl sites for hydroxylation is 1. The number of hydrogen-bond donors (Lipinski definition) is 2. The minimum atomic E-state index is -0.152. The van der Waals surface area contributed by atoms with Gasteiger partial charge >= 0.3 is 6.03 Å². The summed E-state index contributed by atoms with van der Waals surface area (Å²) in [7, 11) is 1.60. The zero-order chi connectivity index (χ0) is 18.7. The van der Waals surface area contributed by atoms with E-state index in [0.29, 0.717) is 25.1 Å². The second-order valence-electron chi connectivity index (χ2n) is 6.57. The third kappa shape index (κ3) is 3.92. The van der Waals surface area contributed by atoms with Gasteiger partial charge in [-0.1, -0.05) is 12.6 Å². The van der Waals surface area contributed by atoms with Crippen molar-refractivity contribution >= 4 is 17.6 Å². The zero-order valence-corrected chi connectivity index (χ0v) is 15.7. The van der Waals surface area contributed by atoms with Gasteiger partial charge in [-0.15, -0.1) is 0 Å². The molecule has 1 aromatic carbocycles. The Morgan fingerprint density at radius 2 is 1.84 bits per heavy atom. The molecule has 1 aliphatic heterocycles. The molecule has 5 heteroatoms. The highest BCUT2D eigenvalue weighted by Crippen LogP contribution is 2.26. The Labute approximate surface area is 149 Å². The van der Waals surface area contributed by atoms with Crippen LogP contribution in [-0.2, 0) is 4.79 Å². The molecule has 0 radical (unpaired) electrons. The Kier molecular flexibility index (Phi) is 5.67. The van der Waals surface area contributed by atoms with E-state index < -0.39 is 0 Å². The van der Waals surface area contributed by atoms with Crippen LogP contribution < -0.4 is 10.6 Å². The number of hydrogen-bond acceptors (Lipinski definition) is 2. The predicted molar refractivity (Wildman–Crippen MR) is 102 cm³/mol. The Morgan fingerprint density at radius 1 is 1.16 bits per heavy atom. The molecular formula is C20H27N3O2. The molecule has 1 aliphatic rings. The molecule has 0 bridgehead atoms. The van der Waals surface area contributed by atoms with Gasteiger partial charge in [0.2, 0.25) is 5.91 Å². The molecule has 1 saturated heterocycles. The third-order valence-electron chi connectivity index (χ3n) is 5.07. The van der Waals surface area contributed by atoms with Gasteiger partial charge in [0.25, 0.3) is 0 Å². The molecule has 2 rings (SSSR count). The van der Waals surface area contributed by atoms with Crippen LogP contribution in [0.4, 0.5) is 10.5 Å². The van der Waals surface area contributed by atoms with E-state index in [0.717, 1.165) is 22.4 Å². The van der Waals surface area contributed by atoms with Crippen molar-refractivity contribution in [1.82, 2.24) is 10.2 Å². The summed E-state index contributed by atoms with van der Waals surface area (Å²) in [6, 6.07) is 3.79. The maximum atomic E-state index is 12.7. The highest BCUT2D eigenvalue weighted by atomic mass is 16.2. The van der Waals surface area contributed by atoms with E-state index in [-0.39, 0.29) is 11.9 Å². The van der Waals surface area contributed by atoms with Crippen LogP contribution in [0.15, 0.2) is 35.4 Å². The third-order valence-corrected chi connectivity index (χ3v) is 5.07. The number of carbonyl (C=O) groups is 2. The number of nitrogens with zero attached hydrogens (tertiary/aromatic N) is 1. The van der Waals surface area contributed by atoms with Crippen molar-refractivity contribution in [3.63, 3.8) is 0 Å². The molecule has 5 nitrogen and oxygen atoms in total. The highest BCUT2D eigenvalue weighted by Gasteiger charge is 2.25. The molecule has 25 heavy (non-hydrogen) atoms. The number of nitrogens with one attached hydrogen (secondary N) is 2. The van der Waals surface area contributed by atoms with Crippen molar-refractivity contribution in [1.29, 1.82) is 0 Å². The van der Waals surface area contributed by atoms with E-state index in [9.17, 15) is 9.59 Å². The van der Waals surface area contributed by atoms with Gasteiger partial charge in [-0.2, -0.15) is 0 Å². The molecule has 0 aromatic heterocycles. The van der Waals surface area contributed by atoms with Crippen LogP contribution in [0.5, 0.6) is 0 Å². The molecule has 0 atom stereocenters. The molecule has 134 valence electrons. The Bertz CT molecular complexity index is 762. The van der Waals surface area contributed by atoms with Crippen molar-refractivity contribution in [2.75, 3.05) is 25.5 Å². The van der Waals surface area contributed by atoms with E-state index in [2.05, 4.69) is 31.1 Å². The molecule has 0 saturated carbocycles. The highest BCUT2D eigenvalue weighted by molar-refractivity contribution is 5.95. The minimum absolute atomic E-state index is 0.136. The molecule has 1 fully saturated rings. The first kappa shape index (κ1) is 18.8. The summed E-state index contributed by atoms with van der Waals surface area (Å²) >= 11 is 0. The van der Waals surface area contributed by atoms with Crippen LogP contribution in [0.25, 0.3) is 0 Å². The molecule has 0 aliphatic carbocycles. The summed E-state index contributed by atoms with van der Waals surface area (Å²) in [6.07, 6.45) is 0.670. The standard InChI is InChI=1S/C20H27N3O2/c1-12-7-8-18(15(4)14(12)3)22-20(25)23-10-9-13(2)17(11-23)16(5)19(24)21-6/h7-8H,2,9-11H2,1,3-6H3,(H,21,24)(H,22,25)/b17-16+. The van der Waals surface area contributed by atoms with E-state index >= 15 is 0 Å². The van der Waals surface area contributed by atoms with Crippen molar-refractivity contribution in [3.05, 3.63) is 52.1 Å². The summed E-state index contributed by atoms with van der Waals surface area (Å²) in [5.74, 6) is -0.136. The van der Waals surface area contributed by atoms with Gasteiger partial charge in [-0.05, 0) is 68.0 Å². The summed E-state index contributed by atoms with van der Waals surface area (Å²) in [5.41, 5.74) is 6.67. The number of benzene rings is 1. The number of likely N-dealkylation sites (N-methyl/N-ethyl adjacent to an activating group) is 1. The number of piperidine rings is 1. The average molecular weight is 341 g/mol. The summed E-state index contributed by atoms with van der Waals surface area (Å²) in [6.45, 7) is 12.9. The second kappa shape index (κ2) is 7.55. The van der Waals surface area contributed by atoms with Gasteiger partial charge < -0.3 is 15.5 Å². The van der Waals surface area contributed by atoms with Crippen LogP contribution >= 0.6 is 0 Å². The molecule has 2 N–H and O–H groups in total. The second-order valence-corrected chi connectivity index (χ2v) is 6.57. The van der Waals surface area contributed by atoms with Crippen molar-refractivity contribution in [2.24, 2.45) is 0 Å². The minimum Gasteiger partial charge on any atom is -0.355 e. The number of urea groups is 1. The van der Waals surface area contributed by atoms with E-state index in [1.807, 2.05) is 19.1 Å². The maximum absolute atomic E-state index is 12.7. The maximum Gasteiger partial charge on any atom is 0.322 e. The van der Waals surface area contributed by atoms with Gasteiger partial charge in [0, 0.05) is 31.4 Å².